The lowest BCUT2D eigenvalue weighted by Crippen LogP contribution is -2.52. The van der Waals surface area contributed by atoms with Crippen LogP contribution in [0.3, 0.4) is 0 Å². The lowest BCUT2D eigenvalue weighted by atomic mass is 9.94. The molecule has 6 heteroatoms. The number of amides is 2. The maximum atomic E-state index is 13.9. The Kier molecular flexibility index (Phi) is 6.69. The van der Waals surface area contributed by atoms with Gasteiger partial charge in [0.2, 0.25) is 11.8 Å². The molecule has 0 spiro atoms. The Morgan fingerprint density at radius 3 is 2.30 bits per heavy atom. The van der Waals surface area contributed by atoms with E-state index >= 15 is 0 Å². The van der Waals surface area contributed by atoms with Gasteiger partial charge in [-0.05, 0) is 31.4 Å². The summed E-state index contributed by atoms with van der Waals surface area (Å²) in [5.41, 5.74) is 0.614. The van der Waals surface area contributed by atoms with Crippen LogP contribution in [0.5, 0.6) is 0 Å². The van der Waals surface area contributed by atoms with Gasteiger partial charge in [-0.1, -0.05) is 25.5 Å². The third-order valence-electron chi connectivity index (χ3n) is 5.73. The van der Waals surface area contributed by atoms with E-state index in [1.807, 2.05) is 20.8 Å². The van der Waals surface area contributed by atoms with E-state index in [2.05, 4.69) is 6.92 Å². The van der Waals surface area contributed by atoms with Crippen molar-refractivity contribution in [3.8, 4) is 0 Å². The van der Waals surface area contributed by atoms with Crippen LogP contribution in [0.15, 0.2) is 24.3 Å². The van der Waals surface area contributed by atoms with Crippen LogP contribution in [0, 0.1) is 11.7 Å². The summed E-state index contributed by atoms with van der Waals surface area (Å²) in [7, 11) is 0. The minimum Gasteiger partial charge on any atom is -0.366 e. The van der Waals surface area contributed by atoms with E-state index in [1.54, 1.807) is 12.1 Å². The minimum absolute atomic E-state index is 0.0141. The highest BCUT2D eigenvalue weighted by Crippen LogP contribution is 2.24. The van der Waals surface area contributed by atoms with E-state index in [0.717, 1.165) is 25.7 Å². The number of rotatable bonds is 5. The second-order valence-electron chi connectivity index (χ2n) is 7.52. The molecule has 2 aliphatic rings. The van der Waals surface area contributed by atoms with Crippen molar-refractivity contribution in [2.45, 2.75) is 39.0 Å². The van der Waals surface area contributed by atoms with E-state index in [1.165, 1.54) is 6.07 Å². The fourth-order valence-corrected chi connectivity index (χ4v) is 4.00. The monoisotopic (exact) mass is 375 g/mol. The lowest BCUT2D eigenvalue weighted by molar-refractivity contribution is -0.141. The summed E-state index contributed by atoms with van der Waals surface area (Å²) in [5, 5.41) is 0. The van der Waals surface area contributed by atoms with Crippen molar-refractivity contribution in [2.75, 3.05) is 44.2 Å². The van der Waals surface area contributed by atoms with Gasteiger partial charge in [-0.3, -0.25) is 9.59 Å². The zero-order chi connectivity index (χ0) is 19.2. The molecule has 5 nitrogen and oxygen atoms in total. The van der Waals surface area contributed by atoms with E-state index in [9.17, 15) is 14.0 Å². The summed E-state index contributed by atoms with van der Waals surface area (Å²) in [4.78, 5) is 30.8. The molecule has 1 aromatic rings. The molecule has 0 saturated carbocycles. The van der Waals surface area contributed by atoms with Crippen LogP contribution >= 0.6 is 0 Å². The molecule has 2 aliphatic heterocycles. The number of piperazine rings is 1. The normalized spacial score (nSPS) is 18.7. The molecule has 0 aliphatic carbocycles. The molecule has 2 saturated heterocycles. The second kappa shape index (κ2) is 9.20. The first kappa shape index (κ1) is 19.6. The van der Waals surface area contributed by atoms with Gasteiger partial charge in [-0.15, -0.1) is 0 Å². The van der Waals surface area contributed by atoms with Gasteiger partial charge in [0.1, 0.15) is 5.82 Å². The predicted molar refractivity (Wildman–Crippen MR) is 104 cm³/mol. The summed E-state index contributed by atoms with van der Waals surface area (Å²) in [5.74, 6) is 0.225. The van der Waals surface area contributed by atoms with E-state index in [-0.39, 0.29) is 23.5 Å². The van der Waals surface area contributed by atoms with Crippen molar-refractivity contribution >= 4 is 17.5 Å². The van der Waals surface area contributed by atoms with E-state index < -0.39 is 0 Å². The first-order valence-corrected chi connectivity index (χ1v) is 10.2. The maximum Gasteiger partial charge on any atom is 0.225 e. The van der Waals surface area contributed by atoms with Crippen molar-refractivity contribution in [1.82, 2.24) is 9.80 Å². The molecular weight excluding hydrogens is 345 g/mol. The average molecular weight is 375 g/mol. The molecule has 3 rings (SSSR count). The number of carbonyl (C=O) groups excluding carboxylic acids is 2. The predicted octanol–water partition coefficient (Wildman–Crippen LogP) is 2.90. The van der Waals surface area contributed by atoms with Gasteiger partial charge in [0.05, 0.1) is 5.69 Å². The van der Waals surface area contributed by atoms with E-state index in [4.69, 9.17) is 0 Å². The fourth-order valence-electron chi connectivity index (χ4n) is 4.00. The zero-order valence-corrected chi connectivity index (χ0v) is 16.2. The van der Waals surface area contributed by atoms with Crippen LogP contribution in [0.25, 0.3) is 0 Å². The third-order valence-corrected chi connectivity index (χ3v) is 5.73. The number of carbonyl (C=O) groups is 2. The van der Waals surface area contributed by atoms with Gasteiger partial charge in [-0.25, -0.2) is 4.39 Å². The number of anilines is 1. The molecule has 27 heavy (non-hydrogen) atoms. The molecule has 0 bridgehead atoms. The van der Waals surface area contributed by atoms with Gasteiger partial charge in [0, 0.05) is 51.6 Å². The smallest absolute Gasteiger partial charge is 0.225 e. The van der Waals surface area contributed by atoms with Crippen molar-refractivity contribution in [3.05, 3.63) is 30.1 Å². The first-order chi connectivity index (χ1) is 13.1. The molecule has 2 heterocycles. The number of hydrogen-bond acceptors (Lipinski definition) is 3. The molecule has 0 unspecified atom stereocenters. The average Bonchev–Trinajstić information content (AvgIpc) is 2.72. The minimum atomic E-state index is -0.211. The highest BCUT2D eigenvalue weighted by molar-refractivity contribution is 5.80. The lowest BCUT2D eigenvalue weighted by Gasteiger charge is -2.39. The molecule has 1 aromatic carbocycles. The van der Waals surface area contributed by atoms with Gasteiger partial charge in [0.25, 0.3) is 0 Å². The van der Waals surface area contributed by atoms with Gasteiger partial charge in [0.15, 0.2) is 0 Å². The summed E-state index contributed by atoms with van der Waals surface area (Å²) in [6, 6.07) is 6.80. The van der Waals surface area contributed by atoms with E-state index in [0.29, 0.717) is 51.4 Å². The summed E-state index contributed by atoms with van der Waals surface area (Å²) < 4.78 is 13.9. The fraction of sp³-hybridized carbons (Fsp3) is 0.619. The first-order valence-electron chi connectivity index (χ1n) is 10.2. The van der Waals surface area contributed by atoms with Crippen LogP contribution in [-0.2, 0) is 9.59 Å². The van der Waals surface area contributed by atoms with Gasteiger partial charge >= 0.3 is 0 Å². The Labute approximate surface area is 161 Å². The SMILES string of the molecule is CCCCC(=O)N1CCC(C(=O)N2CCN(c3ccccc3F)CC2)CC1. The number of halogens is 1. The third kappa shape index (κ3) is 4.79. The Balaban J connectivity index is 1.46. The Morgan fingerprint density at radius 1 is 1.00 bits per heavy atom. The van der Waals surface area contributed by atoms with Crippen LogP contribution in [0.4, 0.5) is 10.1 Å². The summed E-state index contributed by atoms with van der Waals surface area (Å²) in [6.07, 6.45) is 4.09. The highest BCUT2D eigenvalue weighted by Gasteiger charge is 2.31. The largest absolute Gasteiger partial charge is 0.366 e. The number of nitrogens with zero attached hydrogens (tertiary/aromatic N) is 3. The van der Waals surface area contributed by atoms with Crippen LogP contribution in [0.2, 0.25) is 0 Å². The summed E-state index contributed by atoms with van der Waals surface area (Å²) >= 11 is 0. The van der Waals surface area contributed by atoms with Crippen molar-refractivity contribution in [3.63, 3.8) is 0 Å². The second-order valence-corrected chi connectivity index (χ2v) is 7.52. The maximum absolute atomic E-state index is 13.9. The van der Waals surface area contributed by atoms with Gasteiger partial charge < -0.3 is 14.7 Å². The zero-order valence-electron chi connectivity index (χ0n) is 16.2. The van der Waals surface area contributed by atoms with Crippen LogP contribution < -0.4 is 4.90 Å². The molecule has 0 aromatic heterocycles. The number of unbranched alkanes of at least 4 members (excludes halogenated alkanes) is 1. The molecular formula is C21H30FN3O2. The van der Waals surface area contributed by atoms with Crippen LogP contribution in [0.1, 0.15) is 39.0 Å². The Morgan fingerprint density at radius 2 is 1.67 bits per heavy atom. The number of piperidine rings is 1. The quantitative estimate of drug-likeness (QED) is 0.795. The number of para-hydroxylation sites is 1. The van der Waals surface area contributed by atoms with Gasteiger partial charge in [-0.2, -0.15) is 0 Å². The number of hydrogen-bond donors (Lipinski definition) is 0. The highest BCUT2D eigenvalue weighted by atomic mass is 19.1. The number of likely N-dealkylation sites (tertiary alicyclic amines) is 1. The Bertz CT molecular complexity index is 651. The molecule has 148 valence electrons. The molecule has 0 radical (unpaired) electrons. The van der Waals surface area contributed by atoms with Crippen molar-refractivity contribution in [2.24, 2.45) is 5.92 Å². The standard InChI is InChI=1S/C21H30FN3O2/c1-2-3-8-20(26)24-11-9-17(10-12-24)21(27)25-15-13-23(14-16-25)19-7-5-4-6-18(19)22/h4-7,17H,2-3,8-16H2,1H3. The molecule has 2 amide bonds. The molecule has 0 N–H and O–H groups in total. The Hall–Kier alpha value is -2.11. The molecule has 2 fully saturated rings. The molecule has 0 atom stereocenters. The van der Waals surface area contributed by atoms with Crippen molar-refractivity contribution in [1.29, 1.82) is 0 Å². The topological polar surface area (TPSA) is 43.9 Å². The van der Waals surface area contributed by atoms with Crippen molar-refractivity contribution < 1.29 is 14.0 Å². The summed E-state index contributed by atoms with van der Waals surface area (Å²) in [6.45, 7) is 6.03. The number of benzene rings is 1. The van der Waals surface area contributed by atoms with Crippen LogP contribution in [-0.4, -0.2) is 60.9 Å².